The minimum atomic E-state index is -0.711. The van der Waals surface area contributed by atoms with Crippen LogP contribution in [0.15, 0.2) is 24.3 Å². The van der Waals surface area contributed by atoms with Crippen LogP contribution in [0.5, 0.6) is 0 Å². The molecule has 0 amide bonds. The monoisotopic (exact) mass is 336 g/mol. The van der Waals surface area contributed by atoms with Crippen molar-refractivity contribution in [3.05, 3.63) is 24.3 Å². The van der Waals surface area contributed by atoms with Crippen molar-refractivity contribution in [3.8, 4) is 0 Å². The number of carboxylic acid groups (broad SMARTS) is 1. The fourth-order valence-electron chi connectivity index (χ4n) is 2.63. The van der Waals surface area contributed by atoms with Crippen LogP contribution in [0.3, 0.4) is 0 Å². The molecular weight excluding hydrogens is 296 g/mol. The molecule has 0 bridgehead atoms. The lowest BCUT2D eigenvalue weighted by molar-refractivity contribution is -0.147. The van der Waals surface area contributed by atoms with Gasteiger partial charge in [0.25, 0.3) is 0 Å². The average Bonchev–Trinajstić information content (AvgIpc) is 2.54. The highest BCUT2D eigenvalue weighted by Gasteiger charge is 2.25. The molecule has 0 aliphatic rings. The molecule has 2 nitrogen and oxygen atoms in total. The molecule has 0 aliphatic heterocycles. The first kappa shape index (κ1) is 22.9. The van der Waals surface area contributed by atoms with Crippen molar-refractivity contribution in [1.82, 2.24) is 0 Å². The zero-order chi connectivity index (χ0) is 18.1. The summed E-state index contributed by atoms with van der Waals surface area (Å²) in [6.45, 7) is 5.84. The summed E-state index contributed by atoms with van der Waals surface area (Å²) in [5.74, 6) is -0.711. The van der Waals surface area contributed by atoms with E-state index in [1.54, 1.807) is 13.8 Å². The van der Waals surface area contributed by atoms with Gasteiger partial charge in [0, 0.05) is 0 Å². The van der Waals surface area contributed by atoms with E-state index in [0.717, 1.165) is 12.8 Å². The molecule has 0 saturated carbocycles. The van der Waals surface area contributed by atoms with Crippen LogP contribution >= 0.6 is 0 Å². The Morgan fingerprint density at radius 3 is 1.83 bits per heavy atom. The van der Waals surface area contributed by atoms with Gasteiger partial charge in [-0.3, -0.25) is 4.79 Å². The maximum atomic E-state index is 11.0. The van der Waals surface area contributed by atoms with Gasteiger partial charge < -0.3 is 5.11 Å². The molecule has 2 heteroatoms. The van der Waals surface area contributed by atoms with Crippen molar-refractivity contribution >= 4 is 5.97 Å². The molecule has 0 saturated heterocycles. The van der Waals surface area contributed by atoms with Gasteiger partial charge in [0.2, 0.25) is 0 Å². The zero-order valence-electron chi connectivity index (χ0n) is 16.4. The predicted molar refractivity (Wildman–Crippen MR) is 105 cm³/mol. The van der Waals surface area contributed by atoms with Crippen molar-refractivity contribution in [3.63, 3.8) is 0 Å². The second-order valence-electron chi connectivity index (χ2n) is 7.52. The molecule has 0 aliphatic carbocycles. The summed E-state index contributed by atoms with van der Waals surface area (Å²) in [6.07, 6.45) is 24.9. The van der Waals surface area contributed by atoms with E-state index >= 15 is 0 Å². The summed E-state index contributed by atoms with van der Waals surface area (Å²) in [7, 11) is 0. The highest BCUT2D eigenvalue weighted by atomic mass is 16.4. The molecule has 0 heterocycles. The van der Waals surface area contributed by atoms with Gasteiger partial charge in [-0.25, -0.2) is 0 Å². The van der Waals surface area contributed by atoms with Gasteiger partial charge in [0.05, 0.1) is 5.41 Å². The van der Waals surface area contributed by atoms with Crippen LogP contribution in [0.2, 0.25) is 0 Å². The zero-order valence-corrected chi connectivity index (χ0v) is 16.4. The number of hydrogen-bond acceptors (Lipinski definition) is 1. The first-order chi connectivity index (χ1) is 11.5. The maximum Gasteiger partial charge on any atom is 0.309 e. The lowest BCUT2D eigenvalue weighted by Gasteiger charge is -2.17. The third-order valence-corrected chi connectivity index (χ3v) is 4.59. The maximum absolute atomic E-state index is 11.0. The fourth-order valence-corrected chi connectivity index (χ4v) is 2.63. The summed E-state index contributed by atoms with van der Waals surface area (Å²) in [6, 6.07) is 0. The minimum absolute atomic E-state index is 0.615. The van der Waals surface area contributed by atoms with E-state index in [1.165, 1.54) is 64.2 Å². The van der Waals surface area contributed by atoms with Gasteiger partial charge in [-0.2, -0.15) is 0 Å². The topological polar surface area (TPSA) is 37.3 Å². The number of aliphatic carboxylic acids is 1. The lowest BCUT2D eigenvalue weighted by Crippen LogP contribution is -2.22. The molecule has 0 unspecified atom stereocenters. The molecule has 0 atom stereocenters. The quantitative estimate of drug-likeness (QED) is 0.237. The highest BCUT2D eigenvalue weighted by molar-refractivity contribution is 5.73. The van der Waals surface area contributed by atoms with Crippen molar-refractivity contribution in [2.24, 2.45) is 5.41 Å². The summed E-state index contributed by atoms with van der Waals surface area (Å²) >= 11 is 0. The van der Waals surface area contributed by atoms with Gasteiger partial charge in [0.1, 0.15) is 0 Å². The SMILES string of the molecule is CCCCCCCCCCCC=CCC=CCCC(C)(C)C(=O)O. The fraction of sp³-hybridized carbons (Fsp3) is 0.773. The van der Waals surface area contributed by atoms with E-state index in [0.29, 0.717) is 6.42 Å². The molecule has 1 N–H and O–H groups in total. The number of unbranched alkanes of at least 4 members (excludes halogenated alkanes) is 9. The van der Waals surface area contributed by atoms with E-state index in [1.807, 2.05) is 0 Å². The van der Waals surface area contributed by atoms with Crippen molar-refractivity contribution < 1.29 is 9.90 Å². The van der Waals surface area contributed by atoms with Gasteiger partial charge in [-0.1, -0.05) is 82.6 Å². The number of carbonyl (C=O) groups is 1. The first-order valence-corrected chi connectivity index (χ1v) is 10.0. The van der Waals surface area contributed by atoms with Gasteiger partial charge in [0.15, 0.2) is 0 Å². The molecule has 0 spiro atoms. The predicted octanol–water partition coefficient (Wildman–Crippen LogP) is 7.30. The Hall–Kier alpha value is -1.05. The molecule has 140 valence electrons. The van der Waals surface area contributed by atoms with E-state index in [-0.39, 0.29) is 0 Å². The van der Waals surface area contributed by atoms with Crippen molar-refractivity contribution in [2.75, 3.05) is 0 Å². The molecule has 0 rings (SSSR count). The van der Waals surface area contributed by atoms with Crippen LogP contribution in [0.25, 0.3) is 0 Å². The van der Waals surface area contributed by atoms with E-state index in [9.17, 15) is 4.79 Å². The second kappa shape index (κ2) is 15.5. The molecule has 0 aromatic carbocycles. The van der Waals surface area contributed by atoms with Crippen LogP contribution in [-0.2, 0) is 4.79 Å². The summed E-state index contributed by atoms with van der Waals surface area (Å²) in [5.41, 5.74) is -0.615. The number of rotatable bonds is 16. The summed E-state index contributed by atoms with van der Waals surface area (Å²) in [4.78, 5) is 11.0. The van der Waals surface area contributed by atoms with Crippen LogP contribution in [0.1, 0.15) is 104 Å². The van der Waals surface area contributed by atoms with Gasteiger partial charge >= 0.3 is 5.97 Å². The van der Waals surface area contributed by atoms with Crippen LogP contribution < -0.4 is 0 Å². The second-order valence-corrected chi connectivity index (χ2v) is 7.52. The molecule has 0 aromatic heterocycles. The van der Waals surface area contributed by atoms with Crippen molar-refractivity contribution in [2.45, 2.75) is 104 Å². The standard InChI is InChI=1S/C22H40O2/c1-4-5-6-7-8-9-10-11-12-13-14-15-16-17-18-19-20-22(2,3)21(23)24/h14-15,17-18H,4-13,16,19-20H2,1-3H3,(H,23,24). The Morgan fingerprint density at radius 1 is 0.792 bits per heavy atom. The van der Waals surface area contributed by atoms with Gasteiger partial charge in [-0.15, -0.1) is 0 Å². The molecule has 0 fully saturated rings. The smallest absolute Gasteiger partial charge is 0.309 e. The van der Waals surface area contributed by atoms with Crippen molar-refractivity contribution in [1.29, 1.82) is 0 Å². The normalized spacial score (nSPS) is 12.5. The Morgan fingerprint density at radius 2 is 1.29 bits per heavy atom. The molecule has 0 aromatic rings. The Kier molecular flexibility index (Phi) is 14.8. The van der Waals surface area contributed by atoms with E-state index in [2.05, 4.69) is 31.2 Å². The van der Waals surface area contributed by atoms with E-state index in [4.69, 9.17) is 5.11 Å². The highest BCUT2D eigenvalue weighted by Crippen LogP contribution is 2.22. The van der Waals surface area contributed by atoms with E-state index < -0.39 is 11.4 Å². The number of allylic oxidation sites excluding steroid dienone is 4. The van der Waals surface area contributed by atoms with Crippen LogP contribution in [0.4, 0.5) is 0 Å². The number of hydrogen-bond donors (Lipinski definition) is 1. The Balaban J connectivity index is 3.38. The Labute approximate surface area is 150 Å². The number of carboxylic acids is 1. The third kappa shape index (κ3) is 14.5. The molecular formula is C22H40O2. The van der Waals surface area contributed by atoms with Crippen LogP contribution in [-0.4, -0.2) is 11.1 Å². The summed E-state index contributed by atoms with van der Waals surface area (Å²) in [5, 5.41) is 9.03. The first-order valence-electron chi connectivity index (χ1n) is 10.0. The lowest BCUT2D eigenvalue weighted by atomic mass is 9.88. The van der Waals surface area contributed by atoms with Crippen LogP contribution in [0, 0.1) is 5.41 Å². The molecule has 24 heavy (non-hydrogen) atoms. The average molecular weight is 337 g/mol. The Bertz CT molecular complexity index is 353. The largest absolute Gasteiger partial charge is 0.481 e. The third-order valence-electron chi connectivity index (χ3n) is 4.59. The summed E-state index contributed by atoms with van der Waals surface area (Å²) < 4.78 is 0. The minimum Gasteiger partial charge on any atom is -0.481 e. The van der Waals surface area contributed by atoms with Gasteiger partial charge in [-0.05, 0) is 46.0 Å². The molecule has 0 radical (unpaired) electrons.